The van der Waals surface area contributed by atoms with Crippen molar-refractivity contribution in [3.63, 3.8) is 0 Å². The number of hydrogen-bond donors (Lipinski definition) is 2. The van der Waals surface area contributed by atoms with Crippen LogP contribution in [0.15, 0.2) is 42.5 Å². The summed E-state index contributed by atoms with van der Waals surface area (Å²) in [4.78, 5) is 40.3. The zero-order chi connectivity index (χ0) is 23.8. The van der Waals surface area contributed by atoms with E-state index in [0.29, 0.717) is 23.5 Å². The van der Waals surface area contributed by atoms with Crippen LogP contribution >= 0.6 is 12.4 Å². The van der Waals surface area contributed by atoms with Gasteiger partial charge in [0.2, 0.25) is 0 Å². The zero-order valence-electron chi connectivity index (χ0n) is 19.6. The number of rotatable bonds is 10. The fraction of sp³-hybridized carbons (Fsp3) is 0.417. The van der Waals surface area contributed by atoms with Crippen LogP contribution in [0, 0.1) is 10.1 Å². The average Bonchev–Trinajstić information content (AvgIpc) is 3.36. The normalized spacial score (nSPS) is 12.9. The van der Waals surface area contributed by atoms with Gasteiger partial charge in [-0.25, -0.2) is 0 Å². The Hall–Kier alpha value is -3.17. The van der Waals surface area contributed by atoms with Gasteiger partial charge in [0.05, 0.1) is 4.92 Å². The van der Waals surface area contributed by atoms with Gasteiger partial charge in [0.15, 0.2) is 0 Å². The molecule has 2 N–H and O–H groups in total. The number of hydrogen-bond acceptors (Lipinski definition) is 6. The van der Waals surface area contributed by atoms with Gasteiger partial charge in [-0.1, -0.05) is 13.8 Å². The van der Waals surface area contributed by atoms with E-state index in [4.69, 9.17) is 0 Å². The van der Waals surface area contributed by atoms with Gasteiger partial charge >= 0.3 is 0 Å². The molecule has 9 nitrogen and oxygen atoms in total. The fourth-order valence-corrected chi connectivity index (χ4v) is 3.91. The van der Waals surface area contributed by atoms with Crippen LogP contribution in [0.25, 0.3) is 0 Å². The lowest BCUT2D eigenvalue weighted by Gasteiger charge is -2.18. The van der Waals surface area contributed by atoms with Gasteiger partial charge in [-0.05, 0) is 62.3 Å². The van der Waals surface area contributed by atoms with Gasteiger partial charge in [0.1, 0.15) is 5.69 Å². The van der Waals surface area contributed by atoms with Crippen molar-refractivity contribution in [2.45, 2.75) is 26.7 Å². The lowest BCUT2D eigenvalue weighted by Crippen LogP contribution is -2.34. The number of anilines is 2. The van der Waals surface area contributed by atoms with Crippen molar-refractivity contribution in [3.05, 3.63) is 63.7 Å². The molecule has 0 radical (unpaired) electrons. The quantitative estimate of drug-likeness (QED) is 0.386. The zero-order valence-corrected chi connectivity index (χ0v) is 20.4. The Morgan fingerprint density at radius 2 is 1.62 bits per heavy atom. The molecule has 1 heterocycles. The third-order valence-corrected chi connectivity index (χ3v) is 5.89. The topological polar surface area (TPSA) is 108 Å². The predicted molar refractivity (Wildman–Crippen MR) is 136 cm³/mol. The maximum absolute atomic E-state index is 12.7. The number of carbonyl (C=O) groups excluding carboxylic acids is 2. The van der Waals surface area contributed by atoms with E-state index >= 15 is 0 Å². The Bertz CT molecular complexity index is 989. The summed E-state index contributed by atoms with van der Waals surface area (Å²) >= 11 is 0. The van der Waals surface area contributed by atoms with E-state index in [1.807, 2.05) is 4.90 Å². The lowest BCUT2D eigenvalue weighted by atomic mass is 10.1. The largest absolute Gasteiger partial charge is 0.366 e. The summed E-state index contributed by atoms with van der Waals surface area (Å²) in [5.41, 5.74) is 1.69. The highest BCUT2D eigenvalue weighted by atomic mass is 35.5. The monoisotopic (exact) mass is 489 g/mol. The molecule has 1 fully saturated rings. The number of nitrogens with zero attached hydrogens (tertiary/aromatic N) is 3. The van der Waals surface area contributed by atoms with E-state index in [1.165, 1.54) is 6.07 Å². The third-order valence-electron chi connectivity index (χ3n) is 5.89. The Kier molecular flexibility index (Phi) is 10.3. The molecule has 3 rings (SSSR count). The number of benzene rings is 2. The highest BCUT2D eigenvalue weighted by Crippen LogP contribution is 2.31. The van der Waals surface area contributed by atoms with Crippen LogP contribution in [-0.2, 0) is 0 Å². The van der Waals surface area contributed by atoms with E-state index < -0.39 is 10.8 Å². The maximum Gasteiger partial charge on any atom is 0.293 e. The molecule has 0 saturated carbocycles. The molecule has 2 aromatic rings. The Labute approximate surface area is 206 Å². The standard InChI is InChI=1S/C24H31N5O4.ClH/c1-3-27(4-2)16-13-25-23(30)18-7-10-20(11-8-18)26-24(31)19-9-12-21(22(17-19)29(32)33)28-14-5-6-15-28;/h7-12,17H,3-6,13-16H2,1-2H3,(H,25,30)(H,26,31);1H. The van der Waals surface area contributed by atoms with E-state index in [0.717, 1.165) is 45.6 Å². The van der Waals surface area contributed by atoms with Crippen molar-refractivity contribution < 1.29 is 14.5 Å². The van der Waals surface area contributed by atoms with Crippen LogP contribution < -0.4 is 15.5 Å². The molecule has 1 saturated heterocycles. The molecule has 2 aromatic carbocycles. The average molecular weight is 490 g/mol. The number of likely N-dealkylation sites (N-methyl/N-ethyl adjacent to an activating group) is 1. The molecule has 184 valence electrons. The minimum atomic E-state index is -0.446. The van der Waals surface area contributed by atoms with Crippen molar-refractivity contribution in [1.29, 1.82) is 0 Å². The number of nitro benzene ring substituents is 1. The molecule has 2 amide bonds. The van der Waals surface area contributed by atoms with Gasteiger partial charge in [0, 0.05) is 49.1 Å². The summed E-state index contributed by atoms with van der Waals surface area (Å²) in [5, 5.41) is 17.2. The molecule has 0 bridgehead atoms. The van der Waals surface area contributed by atoms with E-state index in [-0.39, 0.29) is 29.6 Å². The molecule has 1 aliphatic rings. The smallest absolute Gasteiger partial charge is 0.293 e. The Morgan fingerprint density at radius 1 is 1.00 bits per heavy atom. The van der Waals surface area contributed by atoms with Crippen molar-refractivity contribution in [3.8, 4) is 0 Å². The van der Waals surface area contributed by atoms with Crippen LogP contribution in [-0.4, -0.2) is 60.9 Å². The SMILES string of the molecule is CCN(CC)CCNC(=O)c1ccc(NC(=O)c2ccc(N3CCCC3)c([N+](=O)[O-])c2)cc1.Cl. The van der Waals surface area contributed by atoms with Gasteiger partial charge in [-0.3, -0.25) is 19.7 Å². The summed E-state index contributed by atoms with van der Waals surface area (Å²) in [7, 11) is 0. The number of amides is 2. The molecule has 0 aromatic heterocycles. The summed E-state index contributed by atoms with van der Waals surface area (Å²) < 4.78 is 0. The summed E-state index contributed by atoms with van der Waals surface area (Å²) in [6, 6.07) is 11.1. The molecule has 0 aliphatic carbocycles. The van der Waals surface area contributed by atoms with Crippen molar-refractivity contribution in [2.24, 2.45) is 0 Å². The van der Waals surface area contributed by atoms with Crippen LogP contribution in [0.5, 0.6) is 0 Å². The number of nitrogens with one attached hydrogen (secondary N) is 2. The van der Waals surface area contributed by atoms with E-state index in [2.05, 4.69) is 29.4 Å². The van der Waals surface area contributed by atoms with Gasteiger partial charge < -0.3 is 20.4 Å². The highest BCUT2D eigenvalue weighted by molar-refractivity contribution is 6.05. The lowest BCUT2D eigenvalue weighted by molar-refractivity contribution is -0.384. The fourth-order valence-electron chi connectivity index (χ4n) is 3.91. The summed E-state index contributed by atoms with van der Waals surface area (Å²) in [5.74, 6) is -0.615. The van der Waals surface area contributed by atoms with Crippen LogP contribution in [0.4, 0.5) is 17.1 Å². The first kappa shape index (κ1) is 27.1. The van der Waals surface area contributed by atoms with Crippen molar-refractivity contribution in [2.75, 3.05) is 49.5 Å². The molecule has 10 heteroatoms. The summed E-state index contributed by atoms with van der Waals surface area (Å²) in [6.07, 6.45) is 2.01. The second-order valence-electron chi connectivity index (χ2n) is 7.97. The van der Waals surface area contributed by atoms with Gasteiger partial charge in [-0.15, -0.1) is 12.4 Å². The third kappa shape index (κ3) is 6.91. The molecule has 0 atom stereocenters. The first-order valence-corrected chi connectivity index (χ1v) is 11.4. The van der Waals surface area contributed by atoms with Gasteiger partial charge in [0.25, 0.3) is 17.5 Å². The van der Waals surface area contributed by atoms with Crippen molar-refractivity contribution >= 4 is 41.3 Å². The van der Waals surface area contributed by atoms with Gasteiger partial charge in [-0.2, -0.15) is 0 Å². The van der Waals surface area contributed by atoms with Crippen molar-refractivity contribution in [1.82, 2.24) is 10.2 Å². The second-order valence-corrected chi connectivity index (χ2v) is 7.97. The molecule has 0 spiro atoms. The first-order valence-electron chi connectivity index (χ1n) is 11.4. The second kappa shape index (κ2) is 12.9. The van der Waals surface area contributed by atoms with Crippen LogP contribution in [0.3, 0.4) is 0 Å². The molecular formula is C24H32ClN5O4. The number of halogens is 1. The molecule has 1 aliphatic heterocycles. The van der Waals surface area contributed by atoms with E-state index in [9.17, 15) is 19.7 Å². The summed E-state index contributed by atoms with van der Waals surface area (Å²) in [6.45, 7) is 8.94. The molecule has 34 heavy (non-hydrogen) atoms. The Balaban J connectivity index is 0.00000408. The van der Waals surface area contributed by atoms with Crippen LogP contribution in [0.2, 0.25) is 0 Å². The Morgan fingerprint density at radius 3 is 2.21 bits per heavy atom. The predicted octanol–water partition coefficient (Wildman–Crippen LogP) is 3.94. The number of nitro groups is 1. The van der Waals surface area contributed by atoms with E-state index in [1.54, 1.807) is 36.4 Å². The highest BCUT2D eigenvalue weighted by Gasteiger charge is 2.24. The minimum absolute atomic E-state index is 0. The minimum Gasteiger partial charge on any atom is -0.366 e. The first-order chi connectivity index (χ1) is 15.9. The molecule has 0 unspecified atom stereocenters. The van der Waals surface area contributed by atoms with Crippen LogP contribution in [0.1, 0.15) is 47.4 Å². The maximum atomic E-state index is 12.7. The number of carbonyl (C=O) groups is 2. The molecular weight excluding hydrogens is 458 g/mol.